The molecular formula is C10H18N2O4. The molecule has 0 heterocycles. The molecule has 0 aliphatic heterocycles. The zero-order chi connectivity index (χ0) is 12.2. The quantitative estimate of drug-likeness (QED) is 0.537. The fourth-order valence-corrected chi connectivity index (χ4v) is 2.97. The Morgan fingerprint density at radius 3 is 2.44 bits per heavy atom. The highest BCUT2D eigenvalue weighted by atomic mass is 16.7. The summed E-state index contributed by atoms with van der Waals surface area (Å²) in [6.45, 7) is 6.44. The van der Waals surface area contributed by atoms with Crippen molar-refractivity contribution in [1.82, 2.24) is 0 Å². The minimum atomic E-state index is -0.207. The highest BCUT2D eigenvalue weighted by Gasteiger charge is 2.43. The molecule has 1 fully saturated rings. The van der Waals surface area contributed by atoms with Gasteiger partial charge in [-0.25, -0.2) is 0 Å². The second kappa shape index (κ2) is 4.76. The van der Waals surface area contributed by atoms with Crippen LogP contribution in [0.5, 0.6) is 0 Å². The van der Waals surface area contributed by atoms with Crippen LogP contribution < -0.4 is 0 Å². The minimum Gasteiger partial charge on any atom is -0.363 e. The standard InChI is InChI=1S/C10H18N2O4/c1-9(2)4-8(16-12-14)5-10(3,6-9)7-15-11-13/h8H,4-7H2,1-3H3. The first kappa shape index (κ1) is 12.9. The van der Waals surface area contributed by atoms with Crippen LogP contribution in [0.4, 0.5) is 0 Å². The Hall–Kier alpha value is -1.20. The maximum Gasteiger partial charge on any atom is 0.155 e. The largest absolute Gasteiger partial charge is 0.363 e. The van der Waals surface area contributed by atoms with E-state index in [1.54, 1.807) is 0 Å². The van der Waals surface area contributed by atoms with Crippen LogP contribution in [0.3, 0.4) is 0 Å². The zero-order valence-corrected chi connectivity index (χ0v) is 9.93. The average Bonchev–Trinajstić information content (AvgIpc) is 2.12. The van der Waals surface area contributed by atoms with Gasteiger partial charge in [-0.3, -0.25) is 0 Å². The molecule has 0 amide bonds. The van der Waals surface area contributed by atoms with Crippen molar-refractivity contribution in [3.8, 4) is 0 Å². The van der Waals surface area contributed by atoms with E-state index in [-0.39, 0.29) is 23.5 Å². The van der Waals surface area contributed by atoms with Gasteiger partial charge in [0.2, 0.25) is 0 Å². The van der Waals surface area contributed by atoms with Crippen LogP contribution in [-0.2, 0) is 9.68 Å². The summed E-state index contributed by atoms with van der Waals surface area (Å²) in [6.07, 6.45) is 2.12. The Morgan fingerprint density at radius 2 is 1.88 bits per heavy atom. The molecule has 2 atom stereocenters. The molecule has 16 heavy (non-hydrogen) atoms. The van der Waals surface area contributed by atoms with E-state index in [2.05, 4.69) is 29.4 Å². The van der Waals surface area contributed by atoms with Gasteiger partial charge in [-0.2, -0.15) is 0 Å². The van der Waals surface area contributed by atoms with Crippen molar-refractivity contribution >= 4 is 0 Å². The molecule has 1 saturated carbocycles. The fourth-order valence-electron chi connectivity index (χ4n) is 2.97. The van der Waals surface area contributed by atoms with Crippen LogP contribution in [0.25, 0.3) is 0 Å². The third-order valence-corrected chi connectivity index (χ3v) is 3.06. The predicted molar refractivity (Wildman–Crippen MR) is 58.2 cm³/mol. The summed E-state index contributed by atoms with van der Waals surface area (Å²) in [4.78, 5) is 29.5. The van der Waals surface area contributed by atoms with E-state index in [1.807, 2.05) is 6.92 Å². The minimum absolute atomic E-state index is 0.0363. The summed E-state index contributed by atoms with van der Waals surface area (Å²) in [5, 5.41) is 4.91. The third kappa shape index (κ3) is 3.43. The van der Waals surface area contributed by atoms with E-state index in [9.17, 15) is 9.81 Å². The molecule has 1 aliphatic carbocycles. The van der Waals surface area contributed by atoms with Gasteiger partial charge in [0.1, 0.15) is 12.7 Å². The lowest BCUT2D eigenvalue weighted by molar-refractivity contribution is -0.0822. The van der Waals surface area contributed by atoms with Crippen molar-refractivity contribution in [2.24, 2.45) is 21.5 Å². The predicted octanol–water partition coefficient (Wildman–Crippen LogP) is 2.97. The molecule has 0 spiro atoms. The van der Waals surface area contributed by atoms with E-state index in [0.717, 1.165) is 12.8 Å². The molecule has 6 heteroatoms. The first-order valence-electron chi connectivity index (χ1n) is 5.34. The SMILES string of the molecule is CC1(C)CC(ON=O)CC(C)(CON=O)C1. The molecule has 92 valence electrons. The number of nitrogens with zero attached hydrogens (tertiary/aromatic N) is 2. The van der Waals surface area contributed by atoms with Gasteiger partial charge in [0.05, 0.1) is 0 Å². The van der Waals surface area contributed by atoms with Crippen LogP contribution in [-0.4, -0.2) is 12.7 Å². The van der Waals surface area contributed by atoms with Gasteiger partial charge in [-0.05, 0) is 24.7 Å². The normalized spacial score (nSPS) is 32.8. The van der Waals surface area contributed by atoms with Crippen LogP contribution in [0.2, 0.25) is 0 Å². The molecule has 0 bridgehead atoms. The summed E-state index contributed by atoms with van der Waals surface area (Å²) in [6, 6.07) is 0. The van der Waals surface area contributed by atoms with E-state index < -0.39 is 0 Å². The molecule has 0 aromatic heterocycles. The molecule has 2 unspecified atom stereocenters. The second-order valence-electron chi connectivity index (χ2n) is 5.71. The molecule has 1 aliphatic rings. The van der Waals surface area contributed by atoms with Crippen molar-refractivity contribution in [1.29, 1.82) is 0 Å². The van der Waals surface area contributed by atoms with Crippen LogP contribution in [0.15, 0.2) is 10.7 Å². The maximum absolute atomic E-state index is 10.1. The second-order valence-corrected chi connectivity index (χ2v) is 5.71. The number of hydrogen-bond acceptors (Lipinski definition) is 6. The van der Waals surface area contributed by atoms with Crippen molar-refractivity contribution in [3.05, 3.63) is 9.81 Å². The average molecular weight is 230 g/mol. The zero-order valence-electron chi connectivity index (χ0n) is 9.93. The molecule has 1 rings (SSSR count). The van der Waals surface area contributed by atoms with Crippen LogP contribution in [0, 0.1) is 20.6 Å². The van der Waals surface area contributed by atoms with Gasteiger partial charge in [-0.1, -0.05) is 20.8 Å². The first-order chi connectivity index (χ1) is 7.41. The van der Waals surface area contributed by atoms with Crippen LogP contribution in [0.1, 0.15) is 40.0 Å². The number of rotatable bonds is 5. The fraction of sp³-hybridized carbons (Fsp3) is 1.00. The molecular weight excluding hydrogens is 212 g/mol. The summed E-state index contributed by atoms with van der Waals surface area (Å²) < 4.78 is 0. The molecule has 6 nitrogen and oxygen atoms in total. The molecule has 0 N–H and O–H groups in total. The van der Waals surface area contributed by atoms with Gasteiger partial charge in [0.15, 0.2) is 10.7 Å². The van der Waals surface area contributed by atoms with E-state index in [4.69, 9.17) is 4.84 Å². The van der Waals surface area contributed by atoms with Crippen molar-refractivity contribution in [3.63, 3.8) is 0 Å². The Kier molecular flexibility index (Phi) is 3.83. The van der Waals surface area contributed by atoms with Gasteiger partial charge >= 0.3 is 0 Å². The first-order valence-corrected chi connectivity index (χ1v) is 5.34. The Bertz CT molecular complexity index is 270. The molecule has 0 radical (unpaired) electrons. The topological polar surface area (TPSA) is 77.3 Å². The van der Waals surface area contributed by atoms with Crippen molar-refractivity contribution < 1.29 is 9.68 Å². The maximum atomic E-state index is 10.1. The van der Waals surface area contributed by atoms with Crippen molar-refractivity contribution in [2.75, 3.05) is 6.61 Å². The summed E-state index contributed by atoms with van der Waals surface area (Å²) in [5.74, 6) is 0. The molecule has 0 aromatic carbocycles. The highest BCUT2D eigenvalue weighted by Crippen LogP contribution is 2.47. The van der Waals surface area contributed by atoms with Gasteiger partial charge in [0.25, 0.3) is 0 Å². The van der Waals surface area contributed by atoms with E-state index >= 15 is 0 Å². The summed E-state index contributed by atoms with van der Waals surface area (Å²) in [5.41, 5.74) is -0.167. The van der Waals surface area contributed by atoms with E-state index in [0.29, 0.717) is 6.42 Å². The highest BCUT2D eigenvalue weighted by molar-refractivity contribution is 4.91. The third-order valence-electron chi connectivity index (χ3n) is 3.06. The lowest BCUT2D eigenvalue weighted by atomic mass is 9.64. The molecule has 0 saturated heterocycles. The molecule has 0 aromatic rings. The number of hydrogen-bond donors (Lipinski definition) is 0. The Labute approximate surface area is 94.5 Å². The Morgan fingerprint density at radius 1 is 1.19 bits per heavy atom. The van der Waals surface area contributed by atoms with Crippen molar-refractivity contribution in [2.45, 2.75) is 46.1 Å². The monoisotopic (exact) mass is 230 g/mol. The van der Waals surface area contributed by atoms with Gasteiger partial charge in [0, 0.05) is 5.41 Å². The smallest absolute Gasteiger partial charge is 0.155 e. The van der Waals surface area contributed by atoms with Gasteiger partial charge < -0.3 is 9.68 Å². The van der Waals surface area contributed by atoms with E-state index in [1.165, 1.54) is 0 Å². The Balaban J connectivity index is 2.69. The van der Waals surface area contributed by atoms with Gasteiger partial charge in [-0.15, -0.1) is 9.81 Å². The van der Waals surface area contributed by atoms with Crippen LogP contribution >= 0.6 is 0 Å². The summed E-state index contributed by atoms with van der Waals surface area (Å²) in [7, 11) is 0. The lowest BCUT2D eigenvalue weighted by Crippen LogP contribution is -2.41. The lowest BCUT2D eigenvalue weighted by Gasteiger charge is -2.44. The summed E-state index contributed by atoms with van der Waals surface area (Å²) >= 11 is 0.